The number of rotatable bonds is 7. The molecule has 0 aromatic rings. The molecule has 0 saturated carbocycles. The highest BCUT2D eigenvalue weighted by Crippen LogP contribution is 2.61. The zero-order valence-electron chi connectivity index (χ0n) is 11.2. The second-order valence-corrected chi connectivity index (χ2v) is 6.04. The summed E-state index contributed by atoms with van der Waals surface area (Å²) < 4.78 is 198. The van der Waals surface area contributed by atoms with E-state index in [-0.39, 0.29) is 22.6 Å². The molecule has 0 aromatic heterocycles. The van der Waals surface area contributed by atoms with Gasteiger partial charge in [-0.05, 0) is 0 Å². The summed E-state index contributed by atoms with van der Waals surface area (Å²) in [6.45, 7) is 0. The Kier molecular flexibility index (Phi) is 6.79. The zero-order chi connectivity index (χ0) is 21.7. The highest BCUT2D eigenvalue weighted by molar-refractivity contribution is 14.1. The fourth-order valence-electron chi connectivity index (χ4n) is 1.28. The fraction of sp³-hybridized carbons (Fsp3) is 1.00. The molecule has 0 N–H and O–H groups in total. The standard InChI is InChI=1S/C9H3F16I/c10-2(1(26)3(11)12)4(13,14)5(15,16)6(17,18)7(19,20)8(21,22)9(23,24)25/h1-3H. The van der Waals surface area contributed by atoms with Crippen LogP contribution in [0.3, 0.4) is 0 Å². The van der Waals surface area contributed by atoms with Crippen LogP contribution in [0.15, 0.2) is 0 Å². The van der Waals surface area contributed by atoms with Crippen LogP contribution < -0.4 is 0 Å². The van der Waals surface area contributed by atoms with Crippen molar-refractivity contribution in [3.8, 4) is 0 Å². The molecule has 2 unspecified atom stereocenters. The molecule has 0 saturated heterocycles. The average Bonchev–Trinajstić information content (AvgIpc) is 2.43. The summed E-state index contributed by atoms with van der Waals surface area (Å²) in [6, 6.07) is 0. The Bertz CT molecular complexity index is 492. The molecule has 0 spiro atoms. The Hall–Kier alpha value is -0.390. The molecule has 0 fully saturated rings. The molecule has 0 amide bonds. The molecule has 0 bridgehead atoms. The maximum absolute atomic E-state index is 13.1. The van der Waals surface area contributed by atoms with Gasteiger partial charge in [0.15, 0.2) is 6.17 Å². The van der Waals surface area contributed by atoms with Gasteiger partial charge in [-0.2, -0.15) is 57.1 Å². The fourth-order valence-corrected chi connectivity index (χ4v) is 1.73. The van der Waals surface area contributed by atoms with E-state index < -0.39 is 52.3 Å². The quantitative estimate of drug-likeness (QED) is 0.207. The van der Waals surface area contributed by atoms with E-state index in [2.05, 4.69) is 0 Å². The lowest BCUT2D eigenvalue weighted by Gasteiger charge is -2.40. The van der Waals surface area contributed by atoms with Gasteiger partial charge in [0.05, 0.1) is 0 Å². The van der Waals surface area contributed by atoms with Crippen molar-refractivity contribution in [2.75, 3.05) is 0 Å². The van der Waals surface area contributed by atoms with Crippen molar-refractivity contribution >= 4 is 22.6 Å². The Balaban J connectivity index is 6.33. The predicted octanol–water partition coefficient (Wildman–Crippen LogP) is 6.13. The summed E-state index contributed by atoms with van der Waals surface area (Å²) in [7, 11) is 0. The van der Waals surface area contributed by atoms with Crippen molar-refractivity contribution in [1.82, 2.24) is 0 Å². The van der Waals surface area contributed by atoms with Crippen LogP contribution in [0.25, 0.3) is 0 Å². The molecule has 0 aliphatic carbocycles. The topological polar surface area (TPSA) is 0 Å². The van der Waals surface area contributed by atoms with Crippen LogP contribution in [-0.2, 0) is 0 Å². The van der Waals surface area contributed by atoms with E-state index in [1.165, 1.54) is 0 Å². The second-order valence-electron chi connectivity index (χ2n) is 4.60. The van der Waals surface area contributed by atoms with Crippen molar-refractivity contribution in [2.24, 2.45) is 0 Å². The molecule has 0 aliphatic heterocycles. The SMILES string of the molecule is FC(F)C(I)C(F)C(F)(F)C(F)(F)C(F)(F)C(F)(F)C(F)(F)C(F)(F)F. The minimum atomic E-state index is -8.20. The molecule has 0 rings (SSSR count). The van der Waals surface area contributed by atoms with Gasteiger partial charge in [-0.3, -0.25) is 0 Å². The minimum Gasteiger partial charge on any atom is -0.239 e. The molecule has 0 radical (unpaired) electrons. The smallest absolute Gasteiger partial charge is 0.239 e. The van der Waals surface area contributed by atoms with E-state index in [1.54, 1.807) is 0 Å². The highest BCUT2D eigenvalue weighted by atomic mass is 127. The van der Waals surface area contributed by atoms with Gasteiger partial charge >= 0.3 is 35.8 Å². The molecule has 26 heavy (non-hydrogen) atoms. The minimum absolute atomic E-state index is 0.00201. The van der Waals surface area contributed by atoms with Crippen LogP contribution in [0.2, 0.25) is 0 Å². The van der Waals surface area contributed by atoms with Gasteiger partial charge in [0.25, 0.3) is 6.43 Å². The van der Waals surface area contributed by atoms with E-state index in [9.17, 15) is 70.2 Å². The lowest BCUT2D eigenvalue weighted by atomic mass is 9.91. The van der Waals surface area contributed by atoms with Crippen LogP contribution in [0.5, 0.6) is 0 Å². The summed E-state index contributed by atoms with van der Waals surface area (Å²) in [5, 5.41) is 0. The zero-order valence-corrected chi connectivity index (χ0v) is 13.3. The summed E-state index contributed by atoms with van der Waals surface area (Å²) in [4.78, 5) is 0. The van der Waals surface area contributed by atoms with Gasteiger partial charge in [-0.1, -0.05) is 22.6 Å². The molecular weight excluding hydrogens is 539 g/mol. The number of halogens is 17. The van der Waals surface area contributed by atoms with Crippen molar-refractivity contribution in [3.05, 3.63) is 0 Å². The third kappa shape index (κ3) is 3.51. The van der Waals surface area contributed by atoms with Crippen LogP contribution in [0.1, 0.15) is 0 Å². The molecule has 2 atom stereocenters. The first-order valence-corrected chi connectivity index (χ1v) is 6.78. The van der Waals surface area contributed by atoms with Crippen LogP contribution >= 0.6 is 22.6 Å². The Morgan fingerprint density at radius 2 is 0.808 bits per heavy atom. The third-order valence-electron chi connectivity index (χ3n) is 2.82. The van der Waals surface area contributed by atoms with Gasteiger partial charge in [-0.15, -0.1) is 0 Å². The maximum atomic E-state index is 13.1. The van der Waals surface area contributed by atoms with Crippen LogP contribution in [0.4, 0.5) is 70.2 Å². The first-order chi connectivity index (χ1) is 11.0. The summed E-state index contributed by atoms with van der Waals surface area (Å²) in [5.74, 6) is -39.5. The van der Waals surface area contributed by atoms with Crippen molar-refractivity contribution < 1.29 is 70.2 Å². The van der Waals surface area contributed by atoms with Crippen molar-refractivity contribution in [2.45, 2.75) is 52.3 Å². The highest BCUT2D eigenvalue weighted by Gasteiger charge is 2.91. The van der Waals surface area contributed by atoms with Crippen molar-refractivity contribution in [1.29, 1.82) is 0 Å². The Morgan fingerprint density at radius 1 is 0.500 bits per heavy atom. The molecular formula is C9H3F16I. The van der Waals surface area contributed by atoms with Crippen LogP contribution in [-0.4, -0.2) is 52.3 Å². The molecule has 158 valence electrons. The molecule has 17 heteroatoms. The normalized spacial score (nSPS) is 18.2. The van der Waals surface area contributed by atoms with Gasteiger partial charge in [0.2, 0.25) is 0 Å². The molecule has 0 heterocycles. The summed E-state index contributed by atoms with van der Waals surface area (Å²) in [6.07, 6.45) is -16.9. The molecule has 0 nitrogen and oxygen atoms in total. The first kappa shape index (κ1) is 25.6. The Labute approximate surface area is 146 Å². The van der Waals surface area contributed by atoms with E-state index >= 15 is 0 Å². The maximum Gasteiger partial charge on any atom is 0.460 e. The lowest BCUT2D eigenvalue weighted by Crippen LogP contribution is -2.71. The van der Waals surface area contributed by atoms with Gasteiger partial charge in [-0.25, -0.2) is 13.2 Å². The van der Waals surface area contributed by atoms with Crippen LogP contribution in [0, 0.1) is 0 Å². The third-order valence-corrected chi connectivity index (χ3v) is 4.00. The monoisotopic (exact) mass is 542 g/mol. The number of alkyl halides is 17. The summed E-state index contributed by atoms with van der Waals surface area (Å²) >= 11 is 0.00201. The van der Waals surface area contributed by atoms with Gasteiger partial charge in [0, 0.05) is 0 Å². The van der Waals surface area contributed by atoms with Gasteiger partial charge in [0.1, 0.15) is 3.92 Å². The second kappa shape index (κ2) is 6.89. The van der Waals surface area contributed by atoms with Gasteiger partial charge < -0.3 is 0 Å². The Morgan fingerprint density at radius 3 is 1.08 bits per heavy atom. The lowest BCUT2D eigenvalue weighted by molar-refractivity contribution is -0.443. The summed E-state index contributed by atoms with van der Waals surface area (Å²) in [5.41, 5.74) is 0. The van der Waals surface area contributed by atoms with E-state index in [0.717, 1.165) is 0 Å². The molecule has 0 aliphatic rings. The predicted molar refractivity (Wildman–Crippen MR) is 59.5 cm³/mol. The first-order valence-electron chi connectivity index (χ1n) is 5.53. The van der Waals surface area contributed by atoms with Crippen molar-refractivity contribution in [3.63, 3.8) is 0 Å². The average molecular weight is 542 g/mol. The van der Waals surface area contributed by atoms with E-state index in [0.29, 0.717) is 0 Å². The largest absolute Gasteiger partial charge is 0.460 e. The number of hydrogen-bond acceptors (Lipinski definition) is 0. The number of hydrogen-bond donors (Lipinski definition) is 0. The van der Waals surface area contributed by atoms with E-state index in [1.807, 2.05) is 0 Å². The van der Waals surface area contributed by atoms with E-state index in [4.69, 9.17) is 0 Å². The molecule has 0 aromatic carbocycles.